The fraction of sp³-hybridized carbons (Fsp3) is 0.300. The van der Waals surface area contributed by atoms with E-state index in [0.29, 0.717) is 30.0 Å². The Morgan fingerprint density at radius 1 is 1.04 bits per heavy atom. The van der Waals surface area contributed by atoms with Crippen LogP contribution in [0.15, 0.2) is 48.5 Å². The topological polar surface area (TPSA) is 70.7 Å². The smallest absolute Gasteiger partial charge is 0.259 e. The molecule has 0 aromatic heterocycles. The summed E-state index contributed by atoms with van der Waals surface area (Å²) in [5, 5.41) is 5.45. The van der Waals surface area contributed by atoms with Gasteiger partial charge in [-0.05, 0) is 43.9 Å². The summed E-state index contributed by atoms with van der Waals surface area (Å²) in [7, 11) is 5.54. The third-order valence-corrected chi connectivity index (χ3v) is 3.78. The second-order valence-electron chi connectivity index (χ2n) is 6.15. The average Bonchev–Trinajstić information content (AvgIpc) is 2.63. The lowest BCUT2D eigenvalue weighted by molar-refractivity contribution is -0.119. The van der Waals surface area contributed by atoms with E-state index in [0.717, 1.165) is 12.1 Å². The third-order valence-electron chi connectivity index (χ3n) is 3.78. The van der Waals surface area contributed by atoms with Gasteiger partial charge in [-0.1, -0.05) is 24.3 Å². The molecule has 0 bridgehead atoms. The number of rotatable bonds is 8. The average molecular weight is 355 g/mol. The molecule has 138 valence electrons. The predicted molar refractivity (Wildman–Crippen MR) is 103 cm³/mol. The highest BCUT2D eigenvalue weighted by molar-refractivity contribution is 6.06. The summed E-state index contributed by atoms with van der Waals surface area (Å²) < 4.78 is 5.74. The van der Waals surface area contributed by atoms with Crippen molar-refractivity contribution >= 4 is 17.5 Å². The molecule has 0 aliphatic heterocycles. The lowest BCUT2D eigenvalue weighted by Crippen LogP contribution is -2.21. The van der Waals surface area contributed by atoms with Crippen LogP contribution in [0.2, 0.25) is 0 Å². The minimum absolute atomic E-state index is 0.0504. The van der Waals surface area contributed by atoms with Crippen LogP contribution in [0.3, 0.4) is 0 Å². The maximum Gasteiger partial charge on any atom is 0.259 e. The van der Waals surface area contributed by atoms with E-state index in [2.05, 4.69) is 10.6 Å². The molecule has 2 N–H and O–H groups in total. The molecular formula is C20H25N3O3. The zero-order chi connectivity index (χ0) is 18.9. The number of likely N-dealkylation sites (N-methyl/N-ethyl adjacent to an activating group) is 2. The van der Waals surface area contributed by atoms with Gasteiger partial charge in [-0.3, -0.25) is 9.59 Å². The van der Waals surface area contributed by atoms with Gasteiger partial charge in [0.25, 0.3) is 5.91 Å². The van der Waals surface area contributed by atoms with E-state index in [9.17, 15) is 9.59 Å². The summed E-state index contributed by atoms with van der Waals surface area (Å²) in [5.41, 5.74) is 2.04. The van der Waals surface area contributed by atoms with Crippen LogP contribution in [0, 0.1) is 0 Å². The van der Waals surface area contributed by atoms with E-state index in [-0.39, 0.29) is 11.8 Å². The molecule has 6 nitrogen and oxygen atoms in total. The maximum absolute atomic E-state index is 12.6. The lowest BCUT2D eigenvalue weighted by Gasteiger charge is -2.14. The van der Waals surface area contributed by atoms with Gasteiger partial charge >= 0.3 is 0 Å². The van der Waals surface area contributed by atoms with Crippen molar-refractivity contribution < 1.29 is 14.3 Å². The van der Waals surface area contributed by atoms with Crippen LogP contribution in [-0.2, 0) is 11.2 Å². The third kappa shape index (κ3) is 5.89. The highest BCUT2D eigenvalue weighted by atomic mass is 16.5. The van der Waals surface area contributed by atoms with Gasteiger partial charge in [-0.15, -0.1) is 0 Å². The van der Waals surface area contributed by atoms with E-state index < -0.39 is 0 Å². The van der Waals surface area contributed by atoms with Crippen molar-refractivity contribution in [3.63, 3.8) is 0 Å². The zero-order valence-electron chi connectivity index (χ0n) is 15.4. The van der Waals surface area contributed by atoms with Crippen molar-refractivity contribution in [2.75, 3.05) is 39.6 Å². The molecule has 2 aromatic rings. The molecule has 0 spiro atoms. The van der Waals surface area contributed by atoms with E-state index in [4.69, 9.17) is 4.74 Å². The number of hydrogen-bond acceptors (Lipinski definition) is 4. The second-order valence-corrected chi connectivity index (χ2v) is 6.15. The van der Waals surface area contributed by atoms with E-state index in [1.54, 1.807) is 37.4 Å². The Balaban J connectivity index is 2.02. The van der Waals surface area contributed by atoms with Gasteiger partial charge in [-0.25, -0.2) is 0 Å². The van der Waals surface area contributed by atoms with Crippen molar-refractivity contribution in [2.45, 2.75) is 6.42 Å². The molecule has 0 fully saturated rings. The minimum atomic E-state index is -0.232. The molecule has 0 saturated carbocycles. The Morgan fingerprint density at radius 2 is 1.73 bits per heavy atom. The molecule has 0 aliphatic carbocycles. The molecule has 2 amide bonds. The van der Waals surface area contributed by atoms with Crippen molar-refractivity contribution in [2.24, 2.45) is 0 Å². The van der Waals surface area contributed by atoms with Gasteiger partial charge < -0.3 is 20.3 Å². The van der Waals surface area contributed by atoms with Crippen LogP contribution >= 0.6 is 0 Å². The van der Waals surface area contributed by atoms with Gasteiger partial charge in [0.1, 0.15) is 12.4 Å². The maximum atomic E-state index is 12.6. The second kappa shape index (κ2) is 9.58. The normalized spacial score (nSPS) is 10.5. The molecule has 0 unspecified atom stereocenters. The number of anilines is 1. The predicted octanol–water partition coefficient (Wildman–Crippen LogP) is 2.17. The summed E-state index contributed by atoms with van der Waals surface area (Å²) in [6.07, 6.45) is 0.313. The lowest BCUT2D eigenvalue weighted by atomic mass is 10.1. The summed E-state index contributed by atoms with van der Waals surface area (Å²) in [5.74, 6) is 0.276. The quantitative estimate of drug-likeness (QED) is 0.761. The molecule has 0 aliphatic rings. The fourth-order valence-electron chi connectivity index (χ4n) is 2.30. The first-order valence-corrected chi connectivity index (χ1v) is 8.47. The standard InChI is InChI=1S/C20H25N3O3/c1-21-19(24)14-15-8-10-16(11-9-15)22-20(25)17-6-4-5-7-18(17)26-13-12-23(2)3/h4-11H,12-14H2,1-3H3,(H,21,24)(H,22,25). The summed E-state index contributed by atoms with van der Waals surface area (Å²) in [4.78, 5) is 26.0. The van der Waals surface area contributed by atoms with Gasteiger partial charge in [0.05, 0.1) is 12.0 Å². The van der Waals surface area contributed by atoms with E-state index >= 15 is 0 Å². The van der Waals surface area contributed by atoms with Crippen molar-refractivity contribution in [3.8, 4) is 5.75 Å². The largest absolute Gasteiger partial charge is 0.491 e. The van der Waals surface area contributed by atoms with E-state index in [1.807, 2.05) is 37.2 Å². The Labute approximate surface area is 154 Å². The number of carbonyl (C=O) groups is 2. The van der Waals surface area contributed by atoms with Crippen LogP contribution < -0.4 is 15.4 Å². The Kier molecular flexibility index (Phi) is 7.17. The highest BCUT2D eigenvalue weighted by Gasteiger charge is 2.12. The van der Waals surface area contributed by atoms with E-state index in [1.165, 1.54) is 0 Å². The number of para-hydroxylation sites is 1. The first-order valence-electron chi connectivity index (χ1n) is 8.47. The summed E-state index contributed by atoms with van der Waals surface area (Å²) in [6, 6.07) is 14.4. The highest BCUT2D eigenvalue weighted by Crippen LogP contribution is 2.20. The number of nitrogens with one attached hydrogen (secondary N) is 2. The van der Waals surface area contributed by atoms with Gasteiger partial charge in [0.15, 0.2) is 0 Å². The number of nitrogens with zero attached hydrogens (tertiary/aromatic N) is 1. The molecule has 2 rings (SSSR count). The van der Waals surface area contributed by atoms with Crippen molar-refractivity contribution in [1.82, 2.24) is 10.2 Å². The van der Waals surface area contributed by atoms with Crippen LogP contribution in [0.1, 0.15) is 15.9 Å². The number of ether oxygens (including phenoxy) is 1. The molecule has 0 heterocycles. The van der Waals surface area contributed by atoms with Gasteiger partial charge in [-0.2, -0.15) is 0 Å². The molecule has 0 atom stereocenters. The van der Waals surface area contributed by atoms with Gasteiger partial charge in [0, 0.05) is 19.3 Å². The molecule has 6 heteroatoms. The Morgan fingerprint density at radius 3 is 2.38 bits per heavy atom. The number of benzene rings is 2. The molecule has 2 aromatic carbocycles. The molecule has 0 radical (unpaired) electrons. The van der Waals surface area contributed by atoms with Crippen molar-refractivity contribution in [1.29, 1.82) is 0 Å². The first kappa shape index (κ1) is 19.5. The Hall–Kier alpha value is -2.86. The summed E-state index contributed by atoms with van der Waals surface area (Å²) in [6.45, 7) is 1.27. The van der Waals surface area contributed by atoms with Gasteiger partial charge in [0.2, 0.25) is 5.91 Å². The summed E-state index contributed by atoms with van der Waals surface area (Å²) >= 11 is 0. The zero-order valence-corrected chi connectivity index (χ0v) is 15.4. The number of amides is 2. The number of hydrogen-bond donors (Lipinski definition) is 2. The Bertz CT molecular complexity index is 742. The van der Waals surface area contributed by atoms with Crippen molar-refractivity contribution in [3.05, 3.63) is 59.7 Å². The number of carbonyl (C=O) groups excluding carboxylic acids is 2. The van der Waals surface area contributed by atoms with Crippen LogP contribution in [0.4, 0.5) is 5.69 Å². The monoisotopic (exact) mass is 355 g/mol. The first-order chi connectivity index (χ1) is 12.5. The molecular weight excluding hydrogens is 330 g/mol. The SMILES string of the molecule is CNC(=O)Cc1ccc(NC(=O)c2ccccc2OCCN(C)C)cc1. The van der Waals surface area contributed by atoms with Crippen LogP contribution in [0.25, 0.3) is 0 Å². The van der Waals surface area contributed by atoms with Crippen LogP contribution in [-0.4, -0.2) is 51.0 Å². The van der Waals surface area contributed by atoms with Crippen LogP contribution in [0.5, 0.6) is 5.75 Å². The molecule has 0 saturated heterocycles. The minimum Gasteiger partial charge on any atom is -0.491 e. The fourth-order valence-corrected chi connectivity index (χ4v) is 2.30. The molecule has 26 heavy (non-hydrogen) atoms.